The van der Waals surface area contributed by atoms with Crippen LogP contribution in [0.2, 0.25) is 0 Å². The molecule has 2 aliphatic carbocycles. The van der Waals surface area contributed by atoms with Crippen LogP contribution in [0.1, 0.15) is 78.9 Å². The van der Waals surface area contributed by atoms with Gasteiger partial charge in [-0.1, -0.05) is 13.8 Å². The van der Waals surface area contributed by atoms with E-state index in [0.717, 1.165) is 5.56 Å². The SMILES string of the molecule is CC(=O)O[C@@H]1CC(=O)OC(C)(C)[C@H]2CC(=O)[C@@]3(C)[C@@H](CC[C@@]4(C)[C@@H](c5ccoc5)OC(=O)[C@@H]5O[C@@]543)[C@@]21C. The van der Waals surface area contributed by atoms with Gasteiger partial charge in [0.25, 0.3) is 0 Å². The molecule has 4 heterocycles. The number of ketones is 1. The van der Waals surface area contributed by atoms with Crippen molar-refractivity contribution in [3.63, 3.8) is 0 Å². The molecule has 9 heteroatoms. The van der Waals surface area contributed by atoms with E-state index >= 15 is 0 Å². The van der Waals surface area contributed by atoms with Gasteiger partial charge in [-0.3, -0.25) is 14.4 Å². The van der Waals surface area contributed by atoms with Gasteiger partial charge in [0.2, 0.25) is 0 Å². The Morgan fingerprint density at radius 2 is 1.76 bits per heavy atom. The van der Waals surface area contributed by atoms with E-state index in [9.17, 15) is 19.2 Å². The monoisotopic (exact) mass is 514 g/mol. The summed E-state index contributed by atoms with van der Waals surface area (Å²) in [6.45, 7) is 11.0. The van der Waals surface area contributed by atoms with E-state index in [1.54, 1.807) is 12.3 Å². The minimum Gasteiger partial charge on any atom is -0.472 e. The molecule has 3 saturated heterocycles. The fraction of sp³-hybridized carbons (Fsp3) is 0.714. The summed E-state index contributed by atoms with van der Waals surface area (Å²) >= 11 is 0. The molecule has 1 aromatic heterocycles. The molecule has 200 valence electrons. The highest BCUT2D eigenvalue weighted by Crippen LogP contribution is 2.78. The van der Waals surface area contributed by atoms with E-state index in [2.05, 4.69) is 0 Å². The van der Waals surface area contributed by atoms with Crippen molar-refractivity contribution in [3.8, 4) is 0 Å². The molecular formula is C28H34O9. The van der Waals surface area contributed by atoms with Crippen LogP contribution in [0.3, 0.4) is 0 Å². The normalized spacial score (nSPS) is 47.7. The second-order valence-electron chi connectivity index (χ2n) is 12.7. The van der Waals surface area contributed by atoms with Gasteiger partial charge in [-0.05, 0) is 45.6 Å². The van der Waals surface area contributed by atoms with Crippen molar-refractivity contribution in [1.82, 2.24) is 0 Å². The molecule has 9 nitrogen and oxygen atoms in total. The summed E-state index contributed by atoms with van der Waals surface area (Å²) < 4.78 is 29.3. The van der Waals surface area contributed by atoms with Gasteiger partial charge >= 0.3 is 17.9 Å². The van der Waals surface area contributed by atoms with Crippen molar-refractivity contribution >= 4 is 23.7 Å². The molecule has 37 heavy (non-hydrogen) atoms. The van der Waals surface area contributed by atoms with E-state index in [1.165, 1.54) is 13.2 Å². The van der Waals surface area contributed by atoms with Gasteiger partial charge in [-0.15, -0.1) is 0 Å². The summed E-state index contributed by atoms with van der Waals surface area (Å²) in [6, 6.07) is 1.78. The average molecular weight is 515 g/mol. The first-order valence-corrected chi connectivity index (χ1v) is 13.1. The average Bonchev–Trinajstić information content (AvgIpc) is 3.38. The Morgan fingerprint density at radius 3 is 2.41 bits per heavy atom. The summed E-state index contributed by atoms with van der Waals surface area (Å²) in [7, 11) is 0. The van der Waals surface area contributed by atoms with Crippen molar-refractivity contribution < 1.29 is 42.5 Å². The number of cyclic esters (lactones) is 2. The highest BCUT2D eigenvalue weighted by atomic mass is 16.7. The fourth-order valence-electron chi connectivity index (χ4n) is 9.24. The lowest BCUT2D eigenvalue weighted by Gasteiger charge is -2.66. The molecule has 1 spiro atoms. The number of Topliss-reactive ketones (excluding diaryl/α,β-unsaturated/α-hetero) is 1. The molecule has 0 aromatic carbocycles. The van der Waals surface area contributed by atoms with Crippen molar-refractivity contribution in [2.45, 2.75) is 96.7 Å². The summed E-state index contributed by atoms with van der Waals surface area (Å²) in [6.07, 6.45) is 2.06. The maximum Gasteiger partial charge on any atom is 0.339 e. The highest BCUT2D eigenvalue weighted by molar-refractivity contribution is 5.93. The predicted molar refractivity (Wildman–Crippen MR) is 126 cm³/mol. The van der Waals surface area contributed by atoms with Crippen molar-refractivity contribution in [1.29, 1.82) is 0 Å². The van der Waals surface area contributed by atoms with Crippen molar-refractivity contribution in [2.75, 3.05) is 0 Å². The number of furan rings is 1. The molecule has 0 radical (unpaired) electrons. The predicted octanol–water partition coefficient (Wildman–Crippen LogP) is 3.69. The molecule has 0 bridgehead atoms. The third-order valence-electron chi connectivity index (χ3n) is 10.8. The first-order valence-electron chi connectivity index (χ1n) is 13.1. The Bertz CT molecular complexity index is 1200. The van der Waals surface area contributed by atoms with E-state index in [-0.39, 0.29) is 30.5 Å². The van der Waals surface area contributed by atoms with Gasteiger partial charge in [0.1, 0.15) is 29.2 Å². The zero-order chi connectivity index (χ0) is 26.8. The standard InChI is InChI=1S/C28H34O9/c1-14(29)34-19-12-20(31)36-24(2,3)17-11-18(30)27(6)16(26(17,19)5)7-9-25(4)21(15-8-10-33-13-15)35-23(32)22-28(25,27)37-22/h8,10,13,16-17,19,21-22H,7,9,11-12H2,1-6H3/t16-,17+,19+,21+,22-,25-,26-,27+,28-/m0/s1. The Balaban J connectivity index is 1.54. The second kappa shape index (κ2) is 7.24. The minimum atomic E-state index is -1.09. The Hall–Kier alpha value is -2.68. The largest absolute Gasteiger partial charge is 0.472 e. The van der Waals surface area contributed by atoms with Crippen LogP contribution in [0.4, 0.5) is 0 Å². The van der Waals surface area contributed by atoms with Gasteiger partial charge in [-0.2, -0.15) is 0 Å². The molecule has 3 aliphatic heterocycles. The molecule has 0 unspecified atom stereocenters. The van der Waals surface area contributed by atoms with Crippen molar-refractivity contribution in [3.05, 3.63) is 24.2 Å². The first-order chi connectivity index (χ1) is 17.2. The topological polar surface area (TPSA) is 122 Å². The molecule has 9 atom stereocenters. The summed E-state index contributed by atoms with van der Waals surface area (Å²) in [5, 5.41) is 0. The van der Waals surface area contributed by atoms with Crippen LogP contribution in [-0.4, -0.2) is 47.1 Å². The van der Waals surface area contributed by atoms with Gasteiger partial charge in [0.05, 0.1) is 24.4 Å². The third-order valence-corrected chi connectivity index (χ3v) is 10.8. The molecule has 1 aromatic rings. The number of hydrogen-bond donors (Lipinski definition) is 0. The van der Waals surface area contributed by atoms with Crippen LogP contribution in [-0.2, 0) is 38.1 Å². The van der Waals surface area contributed by atoms with Crippen LogP contribution < -0.4 is 0 Å². The maximum absolute atomic E-state index is 14.4. The minimum absolute atomic E-state index is 0.0263. The van der Waals surface area contributed by atoms with Crippen LogP contribution in [0, 0.1) is 28.1 Å². The number of carbonyl (C=O) groups excluding carboxylic acids is 4. The Labute approximate surface area is 215 Å². The second-order valence-corrected chi connectivity index (χ2v) is 12.7. The quantitative estimate of drug-likeness (QED) is 0.330. The summed E-state index contributed by atoms with van der Waals surface area (Å²) in [5.74, 6) is -2.18. The van der Waals surface area contributed by atoms with Gasteiger partial charge < -0.3 is 23.4 Å². The number of esters is 3. The zero-order valence-corrected chi connectivity index (χ0v) is 22.1. The van der Waals surface area contributed by atoms with Crippen LogP contribution in [0.15, 0.2) is 23.0 Å². The lowest BCUT2D eigenvalue weighted by Crippen LogP contribution is -2.72. The van der Waals surface area contributed by atoms with Gasteiger partial charge in [0.15, 0.2) is 6.10 Å². The fourth-order valence-corrected chi connectivity index (χ4v) is 9.24. The van der Waals surface area contributed by atoms with Crippen molar-refractivity contribution in [2.24, 2.45) is 28.1 Å². The summed E-state index contributed by atoms with van der Waals surface area (Å²) in [5.41, 5.74) is -3.88. The first kappa shape index (κ1) is 24.6. The molecule has 2 saturated carbocycles. The number of carbonyl (C=O) groups is 4. The van der Waals surface area contributed by atoms with E-state index in [1.807, 2.05) is 34.6 Å². The van der Waals surface area contributed by atoms with E-state index in [4.69, 9.17) is 23.4 Å². The lowest BCUT2D eigenvalue weighted by atomic mass is 9.37. The smallest absolute Gasteiger partial charge is 0.339 e. The van der Waals surface area contributed by atoms with Crippen LogP contribution in [0.25, 0.3) is 0 Å². The Kier molecular flexibility index (Phi) is 4.82. The molecule has 0 N–H and O–H groups in total. The third kappa shape index (κ3) is 2.79. The molecule has 6 rings (SSSR count). The lowest BCUT2D eigenvalue weighted by molar-refractivity contribution is -0.234. The van der Waals surface area contributed by atoms with Crippen LogP contribution >= 0.6 is 0 Å². The molecule has 5 aliphatic rings. The zero-order valence-electron chi connectivity index (χ0n) is 22.1. The number of epoxide rings is 1. The molecule has 5 fully saturated rings. The highest BCUT2D eigenvalue weighted by Gasteiger charge is 2.88. The molecular weight excluding hydrogens is 480 g/mol. The number of rotatable bonds is 2. The van der Waals surface area contributed by atoms with Crippen LogP contribution in [0.5, 0.6) is 0 Å². The molecule has 0 amide bonds. The number of fused-ring (bicyclic) bond motifs is 3. The van der Waals surface area contributed by atoms with Gasteiger partial charge in [-0.25, -0.2) is 4.79 Å². The van der Waals surface area contributed by atoms with Gasteiger partial charge in [0, 0.05) is 35.7 Å². The van der Waals surface area contributed by atoms with E-state index in [0.29, 0.717) is 12.8 Å². The summed E-state index contributed by atoms with van der Waals surface area (Å²) in [4.78, 5) is 52.7. The number of ether oxygens (including phenoxy) is 4. The Morgan fingerprint density at radius 1 is 1.03 bits per heavy atom. The maximum atomic E-state index is 14.4. The van der Waals surface area contributed by atoms with E-state index < -0.39 is 63.7 Å². The number of hydrogen-bond acceptors (Lipinski definition) is 9.